The fourth-order valence-corrected chi connectivity index (χ4v) is 5.44. The lowest BCUT2D eigenvalue weighted by molar-refractivity contribution is -0.137. The van der Waals surface area contributed by atoms with E-state index in [9.17, 15) is 13.2 Å². The van der Waals surface area contributed by atoms with E-state index in [2.05, 4.69) is 10.2 Å². The van der Waals surface area contributed by atoms with Crippen molar-refractivity contribution in [2.75, 3.05) is 31.6 Å². The minimum absolute atomic E-state index is 0.225. The number of halogens is 3. The lowest BCUT2D eigenvalue weighted by atomic mass is 9.88. The van der Waals surface area contributed by atoms with Gasteiger partial charge in [-0.3, -0.25) is 0 Å². The normalized spacial score (nSPS) is 23.4. The van der Waals surface area contributed by atoms with Crippen LogP contribution in [0.5, 0.6) is 5.75 Å². The van der Waals surface area contributed by atoms with Gasteiger partial charge >= 0.3 is 6.18 Å². The van der Waals surface area contributed by atoms with Gasteiger partial charge in [0.1, 0.15) is 5.75 Å². The number of fused-ring (bicyclic) bond motifs is 3. The van der Waals surface area contributed by atoms with Crippen molar-refractivity contribution in [3.63, 3.8) is 0 Å². The van der Waals surface area contributed by atoms with E-state index in [1.807, 2.05) is 12.1 Å². The first-order valence-corrected chi connectivity index (χ1v) is 10.4. The third-order valence-corrected chi connectivity index (χ3v) is 6.68. The predicted octanol–water partition coefficient (Wildman–Crippen LogP) is 4.98. The number of hydrogen-bond donors (Lipinski definition) is 1. The highest BCUT2D eigenvalue weighted by Gasteiger charge is 2.42. The number of aryl methyl sites for hydroxylation is 1. The average molecular weight is 402 g/mol. The third kappa shape index (κ3) is 3.08. The molecule has 3 aliphatic heterocycles. The number of methoxy groups -OCH3 is 1. The summed E-state index contributed by atoms with van der Waals surface area (Å²) in [4.78, 5) is 2.54. The molecule has 0 radical (unpaired) electrons. The molecule has 5 rings (SSSR count). The molecule has 0 amide bonds. The summed E-state index contributed by atoms with van der Waals surface area (Å²) < 4.78 is 46.5. The average Bonchev–Trinajstić information content (AvgIpc) is 2.87. The Morgan fingerprint density at radius 1 is 1.14 bits per heavy atom. The summed E-state index contributed by atoms with van der Waals surface area (Å²) >= 11 is 0. The number of anilines is 1. The molecule has 6 heteroatoms. The monoisotopic (exact) mass is 402 g/mol. The van der Waals surface area contributed by atoms with Gasteiger partial charge in [-0.25, -0.2) is 0 Å². The summed E-state index contributed by atoms with van der Waals surface area (Å²) in [5.41, 5.74) is 3.98. The Morgan fingerprint density at radius 3 is 2.79 bits per heavy atom. The number of rotatable bonds is 2. The van der Waals surface area contributed by atoms with Crippen LogP contribution < -0.4 is 15.0 Å². The smallest absolute Gasteiger partial charge is 0.417 e. The Bertz CT molecular complexity index is 940. The lowest BCUT2D eigenvalue weighted by Gasteiger charge is -2.33. The summed E-state index contributed by atoms with van der Waals surface area (Å²) in [5.74, 6) is 0.569. The van der Waals surface area contributed by atoms with Crippen molar-refractivity contribution < 1.29 is 17.9 Å². The maximum absolute atomic E-state index is 13.8. The topological polar surface area (TPSA) is 24.5 Å². The van der Waals surface area contributed by atoms with Crippen molar-refractivity contribution in [3.05, 3.63) is 47.0 Å². The summed E-state index contributed by atoms with van der Waals surface area (Å²) in [6.07, 6.45) is -0.168. The fourth-order valence-electron chi connectivity index (χ4n) is 5.44. The second-order valence-electron chi connectivity index (χ2n) is 8.30. The van der Waals surface area contributed by atoms with E-state index >= 15 is 0 Å². The van der Waals surface area contributed by atoms with Gasteiger partial charge in [-0.1, -0.05) is 6.07 Å². The first-order valence-electron chi connectivity index (χ1n) is 10.4. The van der Waals surface area contributed by atoms with E-state index in [-0.39, 0.29) is 11.3 Å². The number of benzene rings is 2. The second kappa shape index (κ2) is 6.94. The van der Waals surface area contributed by atoms with Gasteiger partial charge in [-0.2, -0.15) is 13.2 Å². The van der Waals surface area contributed by atoms with Crippen LogP contribution in [-0.2, 0) is 12.6 Å². The number of nitrogens with zero attached hydrogens (tertiary/aromatic N) is 1. The molecule has 3 nitrogen and oxygen atoms in total. The van der Waals surface area contributed by atoms with Gasteiger partial charge in [0, 0.05) is 30.7 Å². The van der Waals surface area contributed by atoms with Crippen LogP contribution in [-0.4, -0.2) is 32.8 Å². The minimum Gasteiger partial charge on any atom is -0.497 e. The molecule has 154 valence electrons. The summed E-state index contributed by atoms with van der Waals surface area (Å²) in [5, 5.41) is 3.53. The first kappa shape index (κ1) is 18.8. The van der Waals surface area contributed by atoms with Gasteiger partial charge in [0.05, 0.1) is 12.7 Å². The Hall–Kier alpha value is -2.21. The van der Waals surface area contributed by atoms with Gasteiger partial charge in [0.2, 0.25) is 0 Å². The summed E-state index contributed by atoms with van der Waals surface area (Å²) in [6.45, 7) is 2.96. The highest BCUT2D eigenvalue weighted by atomic mass is 19.4. The Kier molecular flexibility index (Phi) is 4.50. The molecule has 1 N–H and O–H groups in total. The number of hydrogen-bond acceptors (Lipinski definition) is 3. The van der Waals surface area contributed by atoms with Crippen LogP contribution in [0.4, 0.5) is 18.9 Å². The van der Waals surface area contributed by atoms with Crippen LogP contribution in [0.25, 0.3) is 11.1 Å². The van der Waals surface area contributed by atoms with Crippen LogP contribution in [0.15, 0.2) is 30.3 Å². The molecule has 0 aliphatic carbocycles. The van der Waals surface area contributed by atoms with Gasteiger partial charge in [0.15, 0.2) is 0 Å². The van der Waals surface area contributed by atoms with Crippen LogP contribution in [0.2, 0.25) is 0 Å². The number of nitrogens with one attached hydrogen (secondary N) is 1. The molecule has 0 saturated carbocycles. The number of ether oxygens (including phenoxy) is 1. The second-order valence-corrected chi connectivity index (χ2v) is 8.30. The molecule has 0 spiro atoms. The molecule has 1 fully saturated rings. The van der Waals surface area contributed by atoms with Crippen molar-refractivity contribution >= 4 is 5.69 Å². The molecular weight excluding hydrogens is 377 g/mol. The molecule has 1 saturated heterocycles. The minimum atomic E-state index is -4.43. The van der Waals surface area contributed by atoms with Crippen molar-refractivity contribution in [1.29, 1.82) is 0 Å². The lowest BCUT2D eigenvalue weighted by Crippen LogP contribution is -2.37. The zero-order chi connectivity index (χ0) is 20.2. The van der Waals surface area contributed by atoms with E-state index in [1.54, 1.807) is 12.1 Å². The first-order chi connectivity index (χ1) is 14.0. The quantitative estimate of drug-likeness (QED) is 0.767. The molecule has 2 aromatic carbocycles. The van der Waals surface area contributed by atoms with Crippen LogP contribution in [0.1, 0.15) is 41.9 Å². The molecule has 2 aromatic rings. The molecule has 0 aromatic heterocycles. The van der Waals surface area contributed by atoms with Gasteiger partial charge in [-0.05, 0) is 78.7 Å². The zero-order valence-corrected chi connectivity index (χ0v) is 16.5. The molecule has 3 heterocycles. The van der Waals surface area contributed by atoms with E-state index in [0.717, 1.165) is 51.4 Å². The van der Waals surface area contributed by atoms with Crippen LogP contribution in [0.3, 0.4) is 0 Å². The van der Waals surface area contributed by atoms with Crippen molar-refractivity contribution in [1.82, 2.24) is 5.32 Å². The summed E-state index contributed by atoms with van der Waals surface area (Å²) in [7, 11) is 1.39. The maximum Gasteiger partial charge on any atom is 0.417 e. The fraction of sp³-hybridized carbons (Fsp3) is 0.478. The van der Waals surface area contributed by atoms with Crippen molar-refractivity contribution in [2.24, 2.45) is 0 Å². The molecular formula is C23H25F3N2O. The molecule has 3 aliphatic rings. The highest BCUT2D eigenvalue weighted by molar-refractivity contribution is 5.78. The predicted molar refractivity (Wildman–Crippen MR) is 108 cm³/mol. The van der Waals surface area contributed by atoms with Crippen LogP contribution in [0, 0.1) is 0 Å². The zero-order valence-electron chi connectivity index (χ0n) is 16.5. The SMILES string of the molecule is COc1ccc(-c2cc3c4c(c2)[C@H]2CNCCC[C@H]2N4CCC3)c(C(F)(F)F)c1. The Balaban J connectivity index is 1.68. The largest absolute Gasteiger partial charge is 0.497 e. The van der Waals surface area contributed by atoms with Gasteiger partial charge < -0.3 is 15.0 Å². The molecule has 29 heavy (non-hydrogen) atoms. The standard InChI is InChI=1S/C23H25F3N2O/c1-29-16-6-7-17(20(12-16)23(24,25)26)15-10-14-4-3-9-28-21-5-2-8-27-13-19(21)18(11-15)22(14)28/h6-7,10-12,19,21,27H,2-5,8-9,13H2,1H3/t19-,21-/m1/s1. The van der Waals surface area contributed by atoms with Gasteiger partial charge in [-0.15, -0.1) is 0 Å². The third-order valence-electron chi connectivity index (χ3n) is 6.68. The maximum atomic E-state index is 13.8. The van der Waals surface area contributed by atoms with Crippen molar-refractivity contribution in [2.45, 2.75) is 43.8 Å². The molecule has 0 unspecified atom stereocenters. The van der Waals surface area contributed by atoms with E-state index in [0.29, 0.717) is 17.5 Å². The highest BCUT2D eigenvalue weighted by Crippen LogP contribution is 2.50. The van der Waals surface area contributed by atoms with Crippen molar-refractivity contribution in [3.8, 4) is 16.9 Å². The van der Waals surface area contributed by atoms with Gasteiger partial charge in [0.25, 0.3) is 0 Å². The molecule has 2 atom stereocenters. The molecule has 0 bridgehead atoms. The van der Waals surface area contributed by atoms with E-state index < -0.39 is 11.7 Å². The Morgan fingerprint density at radius 2 is 2.00 bits per heavy atom. The van der Waals surface area contributed by atoms with E-state index in [1.165, 1.54) is 23.9 Å². The van der Waals surface area contributed by atoms with E-state index in [4.69, 9.17) is 4.74 Å². The number of alkyl halides is 3. The summed E-state index contributed by atoms with van der Waals surface area (Å²) in [6, 6.07) is 8.75. The van der Waals surface area contributed by atoms with Crippen LogP contribution >= 0.6 is 0 Å². The Labute approximate surface area is 168 Å².